The second-order valence-electron chi connectivity index (χ2n) is 7.55. The van der Waals surface area contributed by atoms with Crippen LogP contribution in [0.4, 0.5) is 0 Å². The van der Waals surface area contributed by atoms with Gasteiger partial charge in [-0.2, -0.15) is 0 Å². The van der Waals surface area contributed by atoms with E-state index in [1.165, 1.54) is 14.2 Å². The molecule has 1 heterocycles. The van der Waals surface area contributed by atoms with Crippen LogP contribution in [0.15, 0.2) is 34.6 Å². The van der Waals surface area contributed by atoms with Gasteiger partial charge in [0, 0.05) is 25.0 Å². The summed E-state index contributed by atoms with van der Waals surface area (Å²) in [5.41, 5.74) is 0.439. The van der Waals surface area contributed by atoms with Crippen molar-refractivity contribution in [2.75, 3.05) is 14.2 Å². The van der Waals surface area contributed by atoms with Gasteiger partial charge in [0.05, 0.1) is 5.31 Å². The van der Waals surface area contributed by atoms with Crippen molar-refractivity contribution in [3.63, 3.8) is 0 Å². The standard InChI is InChI=1S/C17H29O4P/c1-12-10-14(16(2,3)4)21-15(17(5,6)7)11-13(12)22(18,19-8)20-9/h10-11H,1-9H3. The van der Waals surface area contributed by atoms with Gasteiger partial charge in [0.15, 0.2) is 0 Å². The van der Waals surface area contributed by atoms with Crippen molar-refractivity contribution in [3.8, 4) is 0 Å². The van der Waals surface area contributed by atoms with Gasteiger partial charge in [0.2, 0.25) is 0 Å². The molecule has 1 aliphatic rings. The highest BCUT2D eigenvalue weighted by Gasteiger charge is 2.34. The van der Waals surface area contributed by atoms with Gasteiger partial charge >= 0.3 is 7.60 Å². The summed E-state index contributed by atoms with van der Waals surface area (Å²) in [6.45, 7) is 14.3. The van der Waals surface area contributed by atoms with Crippen LogP contribution < -0.4 is 0 Å². The first-order valence-corrected chi connectivity index (χ1v) is 8.94. The van der Waals surface area contributed by atoms with Crippen molar-refractivity contribution < 1.29 is 18.3 Å². The molecule has 0 aromatic heterocycles. The second kappa shape index (κ2) is 6.35. The van der Waals surface area contributed by atoms with Crippen molar-refractivity contribution in [1.82, 2.24) is 0 Å². The molecule has 0 saturated heterocycles. The van der Waals surface area contributed by atoms with E-state index in [4.69, 9.17) is 13.8 Å². The summed E-state index contributed by atoms with van der Waals surface area (Å²) in [7, 11) is -0.551. The molecule has 0 atom stereocenters. The van der Waals surface area contributed by atoms with E-state index in [0.717, 1.165) is 17.1 Å². The normalized spacial score (nSPS) is 17.7. The zero-order valence-electron chi connectivity index (χ0n) is 15.2. The lowest BCUT2D eigenvalue weighted by molar-refractivity contribution is 0.165. The summed E-state index contributed by atoms with van der Waals surface area (Å²) in [5, 5.41) is 0.543. The zero-order chi connectivity index (χ0) is 17.3. The van der Waals surface area contributed by atoms with Crippen LogP contribution in [0.1, 0.15) is 48.5 Å². The Kier molecular flexibility index (Phi) is 5.55. The highest BCUT2D eigenvalue weighted by atomic mass is 31.2. The summed E-state index contributed by atoms with van der Waals surface area (Å²) in [6.07, 6.45) is 3.73. The van der Waals surface area contributed by atoms with E-state index in [1.54, 1.807) is 6.08 Å². The summed E-state index contributed by atoms with van der Waals surface area (Å²) in [5.74, 6) is 1.58. The third-order valence-electron chi connectivity index (χ3n) is 3.49. The molecule has 0 aromatic carbocycles. The molecular weight excluding hydrogens is 299 g/mol. The Morgan fingerprint density at radius 2 is 1.32 bits per heavy atom. The van der Waals surface area contributed by atoms with Gasteiger partial charge in [-0.3, -0.25) is 4.57 Å². The maximum atomic E-state index is 12.9. The lowest BCUT2D eigenvalue weighted by Gasteiger charge is -2.29. The molecule has 22 heavy (non-hydrogen) atoms. The van der Waals surface area contributed by atoms with Crippen molar-refractivity contribution in [2.24, 2.45) is 10.8 Å². The van der Waals surface area contributed by atoms with Crippen LogP contribution in [-0.4, -0.2) is 14.2 Å². The zero-order valence-corrected chi connectivity index (χ0v) is 16.1. The van der Waals surface area contributed by atoms with Crippen molar-refractivity contribution in [2.45, 2.75) is 48.5 Å². The number of ether oxygens (including phenoxy) is 1. The van der Waals surface area contributed by atoms with Gasteiger partial charge in [0.1, 0.15) is 11.5 Å². The highest BCUT2D eigenvalue weighted by Crippen LogP contribution is 2.58. The molecule has 0 unspecified atom stereocenters. The van der Waals surface area contributed by atoms with E-state index in [0.29, 0.717) is 5.31 Å². The van der Waals surface area contributed by atoms with Gasteiger partial charge in [-0.1, -0.05) is 41.5 Å². The first-order valence-electron chi connectivity index (χ1n) is 7.40. The lowest BCUT2D eigenvalue weighted by atomic mass is 9.91. The molecule has 0 bridgehead atoms. The Morgan fingerprint density at radius 3 is 1.68 bits per heavy atom. The number of allylic oxidation sites excluding steroid dienone is 6. The molecule has 0 fully saturated rings. The van der Waals surface area contributed by atoms with Gasteiger partial charge in [-0.15, -0.1) is 0 Å². The third-order valence-corrected chi connectivity index (χ3v) is 5.53. The average molecular weight is 328 g/mol. The number of hydrogen-bond acceptors (Lipinski definition) is 4. The maximum Gasteiger partial charge on any atom is 0.361 e. The maximum absolute atomic E-state index is 12.9. The van der Waals surface area contributed by atoms with Gasteiger partial charge in [0.25, 0.3) is 0 Å². The molecular formula is C17H29O4P. The minimum absolute atomic E-state index is 0.162. The largest absolute Gasteiger partial charge is 0.465 e. The highest BCUT2D eigenvalue weighted by molar-refractivity contribution is 7.58. The van der Waals surface area contributed by atoms with E-state index in [-0.39, 0.29) is 10.8 Å². The first kappa shape index (κ1) is 19.2. The molecule has 0 aliphatic carbocycles. The Hall–Kier alpha value is -0.830. The monoisotopic (exact) mass is 328 g/mol. The van der Waals surface area contributed by atoms with Crippen molar-refractivity contribution >= 4 is 7.60 Å². The van der Waals surface area contributed by atoms with E-state index >= 15 is 0 Å². The SMILES string of the molecule is COP(=O)(OC)C1=C(C)C=C(C(C)(C)C)OC(C(C)(C)C)=C1. The molecule has 5 heteroatoms. The molecule has 0 radical (unpaired) electrons. The van der Waals surface area contributed by atoms with Crippen LogP contribution in [0.25, 0.3) is 0 Å². The van der Waals surface area contributed by atoms with Crippen molar-refractivity contribution in [3.05, 3.63) is 34.6 Å². The van der Waals surface area contributed by atoms with Crippen LogP contribution >= 0.6 is 7.60 Å². The van der Waals surface area contributed by atoms with Crippen LogP contribution in [0, 0.1) is 10.8 Å². The molecule has 0 aromatic rings. The summed E-state index contributed by atoms with van der Waals surface area (Å²) >= 11 is 0. The Morgan fingerprint density at radius 1 is 0.909 bits per heavy atom. The van der Waals surface area contributed by atoms with E-state index < -0.39 is 7.60 Å². The van der Waals surface area contributed by atoms with Crippen molar-refractivity contribution in [1.29, 1.82) is 0 Å². The van der Waals surface area contributed by atoms with E-state index in [9.17, 15) is 4.57 Å². The lowest BCUT2D eigenvalue weighted by Crippen LogP contribution is -2.18. The minimum Gasteiger partial charge on any atom is -0.465 e. The van der Waals surface area contributed by atoms with Gasteiger partial charge in [-0.05, 0) is 24.6 Å². The third kappa shape index (κ3) is 4.13. The fraction of sp³-hybridized carbons (Fsp3) is 0.647. The predicted molar refractivity (Wildman–Crippen MR) is 90.5 cm³/mol. The summed E-state index contributed by atoms with van der Waals surface area (Å²) in [4.78, 5) is 0. The molecule has 0 spiro atoms. The second-order valence-corrected chi connectivity index (χ2v) is 9.76. The number of hydrogen-bond donors (Lipinski definition) is 0. The van der Waals surface area contributed by atoms with Crippen LogP contribution in [-0.2, 0) is 18.3 Å². The van der Waals surface area contributed by atoms with Crippen LogP contribution in [0.2, 0.25) is 0 Å². The average Bonchev–Trinajstić information content (AvgIpc) is 2.56. The molecule has 0 saturated carbocycles. The smallest absolute Gasteiger partial charge is 0.361 e. The summed E-state index contributed by atoms with van der Waals surface area (Å²) < 4.78 is 29.4. The van der Waals surface area contributed by atoms with Crippen LogP contribution in [0.3, 0.4) is 0 Å². The predicted octanol–water partition coefficient (Wildman–Crippen LogP) is 5.64. The molecule has 0 amide bonds. The number of rotatable bonds is 3. The quantitative estimate of drug-likeness (QED) is 0.629. The Labute approximate surface area is 134 Å². The molecule has 4 nitrogen and oxygen atoms in total. The Balaban J connectivity index is 3.63. The first-order chi connectivity index (χ1) is 9.85. The van der Waals surface area contributed by atoms with E-state index in [2.05, 4.69) is 41.5 Å². The fourth-order valence-corrected chi connectivity index (χ4v) is 3.31. The van der Waals surface area contributed by atoms with E-state index in [1.807, 2.05) is 13.0 Å². The summed E-state index contributed by atoms with van der Waals surface area (Å²) in [6, 6.07) is 0. The Bertz CT molecular complexity index is 560. The minimum atomic E-state index is -3.35. The van der Waals surface area contributed by atoms with Gasteiger partial charge < -0.3 is 13.8 Å². The van der Waals surface area contributed by atoms with Crippen LogP contribution in [0.5, 0.6) is 0 Å². The molecule has 126 valence electrons. The topological polar surface area (TPSA) is 44.8 Å². The molecule has 1 aliphatic heterocycles. The van der Waals surface area contributed by atoms with Gasteiger partial charge in [-0.25, -0.2) is 0 Å². The molecule has 0 N–H and O–H groups in total. The molecule has 1 rings (SSSR count). The fourth-order valence-electron chi connectivity index (χ4n) is 1.99.